The van der Waals surface area contributed by atoms with E-state index in [4.69, 9.17) is 24.4 Å². The summed E-state index contributed by atoms with van der Waals surface area (Å²) in [6, 6.07) is 0. The molecular formula is C33H69ClO3Si. The van der Waals surface area contributed by atoms with Crippen LogP contribution in [0, 0.1) is 0 Å². The molecule has 0 aromatic rings. The van der Waals surface area contributed by atoms with Gasteiger partial charge in [-0.25, -0.2) is 0 Å². The van der Waals surface area contributed by atoms with Crippen molar-refractivity contribution in [3.8, 4) is 0 Å². The van der Waals surface area contributed by atoms with Crippen LogP contribution >= 0.6 is 11.1 Å². The van der Waals surface area contributed by atoms with E-state index in [1.54, 1.807) is 0 Å². The fourth-order valence-electron chi connectivity index (χ4n) is 4.98. The number of rotatable bonds is 33. The van der Waals surface area contributed by atoms with E-state index in [1.165, 1.54) is 154 Å². The summed E-state index contributed by atoms with van der Waals surface area (Å²) in [6.07, 6.45) is 36.2. The summed E-state index contributed by atoms with van der Waals surface area (Å²) in [4.78, 5) is 0. The maximum absolute atomic E-state index is 6.68. The smallest absolute Gasteiger partial charge is 0.362 e. The van der Waals surface area contributed by atoms with E-state index in [2.05, 4.69) is 20.8 Å². The second-order valence-electron chi connectivity index (χ2n) is 11.5. The van der Waals surface area contributed by atoms with Crippen molar-refractivity contribution in [1.29, 1.82) is 0 Å². The van der Waals surface area contributed by atoms with Gasteiger partial charge in [0.25, 0.3) is 0 Å². The van der Waals surface area contributed by atoms with Crippen molar-refractivity contribution in [2.24, 2.45) is 0 Å². The van der Waals surface area contributed by atoms with Gasteiger partial charge in [0.2, 0.25) is 0 Å². The molecule has 0 rings (SSSR count). The summed E-state index contributed by atoms with van der Waals surface area (Å²) in [5.74, 6) is 0. The summed E-state index contributed by atoms with van der Waals surface area (Å²) in [5, 5.41) is 0. The molecule has 0 radical (unpaired) electrons. The molecule has 1 unspecified atom stereocenters. The van der Waals surface area contributed by atoms with E-state index < -0.39 is 8.11 Å². The highest BCUT2D eigenvalue weighted by Crippen LogP contribution is 2.19. The molecule has 5 heteroatoms. The van der Waals surface area contributed by atoms with E-state index in [9.17, 15) is 0 Å². The molecule has 0 heterocycles. The molecule has 0 spiro atoms. The minimum atomic E-state index is -3.00. The molecule has 3 nitrogen and oxygen atoms in total. The van der Waals surface area contributed by atoms with Crippen molar-refractivity contribution in [2.75, 3.05) is 19.8 Å². The number of halogens is 1. The maximum atomic E-state index is 6.68. The Labute approximate surface area is 246 Å². The Morgan fingerprint density at radius 1 is 0.316 bits per heavy atom. The maximum Gasteiger partial charge on any atom is 0.613 e. The number of hydrogen-bond acceptors (Lipinski definition) is 3. The van der Waals surface area contributed by atoms with Gasteiger partial charge in [-0.05, 0) is 19.3 Å². The normalized spacial score (nSPS) is 13.3. The Kier molecular flexibility index (Phi) is 32.2. The van der Waals surface area contributed by atoms with Crippen LogP contribution in [-0.2, 0) is 13.3 Å². The van der Waals surface area contributed by atoms with Crippen molar-refractivity contribution in [3.63, 3.8) is 0 Å². The topological polar surface area (TPSA) is 27.7 Å². The Hall–Kier alpha value is 0.387. The largest absolute Gasteiger partial charge is 0.613 e. The SMILES string of the molecule is CCCCCCCCCCCCCCCCCCO[Si](Cl)(OCCC)OCCCCCCCCCCCC. The van der Waals surface area contributed by atoms with Gasteiger partial charge in [-0.15, -0.1) is 0 Å². The molecular weight excluding hydrogens is 508 g/mol. The lowest BCUT2D eigenvalue weighted by atomic mass is 10.0. The first-order chi connectivity index (χ1) is 18.7. The predicted octanol–water partition coefficient (Wildman–Crippen LogP) is 12.3. The minimum Gasteiger partial charge on any atom is -0.362 e. The second kappa shape index (κ2) is 31.9. The standard InChI is InChI=1S/C33H69ClO3Si/c1-4-7-9-11-13-15-17-18-19-20-21-22-24-26-28-30-33-37-38(34,35-31-6-3)36-32-29-27-25-23-16-14-12-10-8-5-2/h4-33H2,1-3H3. The zero-order valence-electron chi connectivity index (χ0n) is 26.3. The van der Waals surface area contributed by atoms with Gasteiger partial charge in [0.1, 0.15) is 0 Å². The van der Waals surface area contributed by atoms with Crippen LogP contribution in [0.15, 0.2) is 0 Å². The van der Waals surface area contributed by atoms with Crippen LogP contribution in [0.2, 0.25) is 0 Å². The Balaban J connectivity index is 3.59. The average molecular weight is 577 g/mol. The van der Waals surface area contributed by atoms with Crippen LogP contribution in [0.1, 0.15) is 194 Å². The van der Waals surface area contributed by atoms with Gasteiger partial charge in [-0.1, -0.05) is 186 Å². The van der Waals surface area contributed by atoms with Crippen molar-refractivity contribution >= 4 is 19.2 Å². The van der Waals surface area contributed by atoms with Gasteiger partial charge in [0, 0.05) is 19.8 Å². The summed E-state index contributed by atoms with van der Waals surface area (Å²) in [5.41, 5.74) is 0. The molecule has 1 atom stereocenters. The Morgan fingerprint density at radius 3 is 0.816 bits per heavy atom. The lowest BCUT2D eigenvalue weighted by Gasteiger charge is -2.23. The van der Waals surface area contributed by atoms with E-state index in [1.807, 2.05) is 0 Å². The highest BCUT2D eigenvalue weighted by Gasteiger charge is 2.39. The average Bonchev–Trinajstić information content (AvgIpc) is 2.92. The first kappa shape index (κ1) is 38.4. The van der Waals surface area contributed by atoms with Gasteiger partial charge in [-0.2, -0.15) is 0 Å². The third-order valence-corrected chi connectivity index (χ3v) is 10.2. The first-order valence-corrected chi connectivity index (χ1v) is 20.0. The van der Waals surface area contributed by atoms with Crippen molar-refractivity contribution in [2.45, 2.75) is 194 Å². The van der Waals surface area contributed by atoms with Crippen LogP contribution in [0.4, 0.5) is 0 Å². The fraction of sp³-hybridized carbons (Fsp3) is 1.00. The molecule has 0 aromatic heterocycles. The van der Waals surface area contributed by atoms with Crippen LogP contribution < -0.4 is 0 Å². The zero-order chi connectivity index (χ0) is 27.8. The number of hydrogen-bond donors (Lipinski definition) is 0. The molecule has 0 aliphatic heterocycles. The summed E-state index contributed by atoms with van der Waals surface area (Å²) >= 11 is 6.68. The molecule has 0 bridgehead atoms. The third-order valence-electron chi connectivity index (χ3n) is 7.52. The van der Waals surface area contributed by atoms with Crippen LogP contribution in [0.25, 0.3) is 0 Å². The molecule has 0 amide bonds. The predicted molar refractivity (Wildman–Crippen MR) is 171 cm³/mol. The molecule has 0 N–H and O–H groups in total. The summed E-state index contributed by atoms with van der Waals surface area (Å²) in [6.45, 7) is 8.61. The van der Waals surface area contributed by atoms with E-state index in [0.717, 1.165) is 19.3 Å². The van der Waals surface area contributed by atoms with Crippen LogP contribution in [0.5, 0.6) is 0 Å². The molecule has 230 valence electrons. The van der Waals surface area contributed by atoms with Crippen LogP contribution in [0.3, 0.4) is 0 Å². The second-order valence-corrected chi connectivity index (χ2v) is 14.7. The highest BCUT2D eigenvalue weighted by atomic mass is 35.6. The van der Waals surface area contributed by atoms with Crippen molar-refractivity contribution < 1.29 is 13.3 Å². The molecule has 0 saturated heterocycles. The Bertz CT molecular complexity index is 440. The monoisotopic (exact) mass is 576 g/mol. The van der Waals surface area contributed by atoms with Gasteiger partial charge in [-0.3, -0.25) is 0 Å². The molecule has 0 aliphatic rings. The zero-order valence-corrected chi connectivity index (χ0v) is 28.1. The van der Waals surface area contributed by atoms with Gasteiger partial charge < -0.3 is 13.3 Å². The van der Waals surface area contributed by atoms with E-state index >= 15 is 0 Å². The van der Waals surface area contributed by atoms with Crippen LogP contribution in [-0.4, -0.2) is 27.9 Å². The molecule has 0 aromatic carbocycles. The van der Waals surface area contributed by atoms with Gasteiger partial charge in [0.05, 0.1) is 0 Å². The fourth-order valence-corrected chi connectivity index (χ4v) is 7.15. The Morgan fingerprint density at radius 2 is 0.553 bits per heavy atom. The van der Waals surface area contributed by atoms with E-state index in [-0.39, 0.29) is 0 Å². The minimum absolute atomic E-state index is 0.618. The van der Waals surface area contributed by atoms with Gasteiger partial charge in [0.15, 0.2) is 0 Å². The van der Waals surface area contributed by atoms with E-state index in [0.29, 0.717) is 19.8 Å². The van der Waals surface area contributed by atoms with Gasteiger partial charge >= 0.3 is 8.11 Å². The van der Waals surface area contributed by atoms with Crippen molar-refractivity contribution in [3.05, 3.63) is 0 Å². The first-order valence-electron chi connectivity index (χ1n) is 17.3. The quantitative estimate of drug-likeness (QED) is 0.0441. The highest BCUT2D eigenvalue weighted by molar-refractivity contribution is 7.09. The molecule has 0 fully saturated rings. The summed E-state index contributed by atoms with van der Waals surface area (Å²) in [7, 11) is -3.00. The molecule has 38 heavy (non-hydrogen) atoms. The van der Waals surface area contributed by atoms with Crippen molar-refractivity contribution in [1.82, 2.24) is 0 Å². The molecule has 0 saturated carbocycles. The summed E-state index contributed by atoms with van der Waals surface area (Å²) < 4.78 is 17.9. The molecule has 0 aliphatic carbocycles. The number of unbranched alkanes of at least 4 members (excludes halogenated alkanes) is 24. The third kappa shape index (κ3) is 29.4. The lowest BCUT2D eigenvalue weighted by Crippen LogP contribution is -2.41. The lowest BCUT2D eigenvalue weighted by molar-refractivity contribution is 0.0782.